The number of pyridine rings is 1. The molecule has 6 nitrogen and oxygen atoms in total. The van der Waals surface area contributed by atoms with Gasteiger partial charge in [0.05, 0.1) is 18.4 Å². The molecule has 1 aromatic heterocycles. The van der Waals surface area contributed by atoms with E-state index in [-0.39, 0.29) is 47.2 Å². The highest BCUT2D eigenvalue weighted by Gasteiger charge is 2.36. The zero-order chi connectivity index (χ0) is 20.1. The van der Waals surface area contributed by atoms with Crippen molar-refractivity contribution >= 4 is 11.9 Å². The molecule has 9 heteroatoms. The van der Waals surface area contributed by atoms with Crippen LogP contribution in [0.4, 0.5) is 8.78 Å². The van der Waals surface area contributed by atoms with E-state index in [1.165, 1.54) is 13.2 Å². The summed E-state index contributed by atoms with van der Waals surface area (Å²) in [5.41, 5.74) is 0.897. The van der Waals surface area contributed by atoms with Gasteiger partial charge in [-0.3, -0.25) is 4.79 Å². The summed E-state index contributed by atoms with van der Waals surface area (Å²) in [6, 6.07) is 11.6. The number of halogens is 3. The maximum Gasteiger partial charge on any atom is 0.387 e. The molecule has 3 rings (SSSR count). The first-order valence-corrected chi connectivity index (χ1v) is 8.58. The van der Waals surface area contributed by atoms with Gasteiger partial charge in [0.15, 0.2) is 18.9 Å². The zero-order valence-electron chi connectivity index (χ0n) is 15.5. The molecule has 0 fully saturated rings. The predicted molar refractivity (Wildman–Crippen MR) is 94.3 cm³/mol. The first-order chi connectivity index (χ1) is 13.5. The van der Waals surface area contributed by atoms with Gasteiger partial charge in [-0.25, -0.2) is 4.79 Å². The molecule has 1 amide bonds. The molecular weight excluding hydrogens is 450 g/mol. The van der Waals surface area contributed by atoms with Crippen molar-refractivity contribution in [2.45, 2.75) is 25.5 Å². The minimum atomic E-state index is -3.02. The normalized spacial score (nSPS) is 16.1. The van der Waals surface area contributed by atoms with E-state index in [4.69, 9.17) is 4.74 Å². The first kappa shape index (κ1) is 22.5. The lowest BCUT2D eigenvalue weighted by molar-refractivity contribution is -0.689. The number of alkyl halides is 2. The molecular formula is C20H19BrF2N2O4. The molecule has 0 aliphatic carbocycles. The van der Waals surface area contributed by atoms with Crippen molar-refractivity contribution in [1.82, 2.24) is 5.32 Å². The number of nitrogens with one attached hydrogen (secondary N) is 1. The van der Waals surface area contributed by atoms with Crippen LogP contribution in [-0.2, 0) is 20.9 Å². The van der Waals surface area contributed by atoms with Gasteiger partial charge in [-0.1, -0.05) is 24.3 Å². The number of aromatic nitrogens is 1. The smallest absolute Gasteiger partial charge is 0.387 e. The lowest BCUT2D eigenvalue weighted by atomic mass is 9.83. The number of hydrogen-bond donors (Lipinski definition) is 1. The SMILES string of the molecule is COC(=O)C1=C(C[n+]2ccccc2)NC(=O)CC1c1ccccc1OC(F)F.[Br-]. The van der Waals surface area contributed by atoms with Crippen molar-refractivity contribution in [1.29, 1.82) is 0 Å². The summed E-state index contributed by atoms with van der Waals surface area (Å²) in [6.07, 6.45) is 3.48. The van der Waals surface area contributed by atoms with Crippen molar-refractivity contribution in [2.75, 3.05) is 7.11 Å². The topological polar surface area (TPSA) is 68.5 Å². The Balaban J connectivity index is 0.00000300. The van der Waals surface area contributed by atoms with E-state index in [2.05, 4.69) is 10.1 Å². The average molecular weight is 469 g/mol. The van der Waals surface area contributed by atoms with Crippen molar-refractivity contribution < 1.29 is 49.4 Å². The van der Waals surface area contributed by atoms with Crippen LogP contribution in [0.3, 0.4) is 0 Å². The molecule has 1 unspecified atom stereocenters. The number of carbonyl (C=O) groups excluding carboxylic acids is 2. The molecule has 0 spiro atoms. The first-order valence-electron chi connectivity index (χ1n) is 8.58. The van der Waals surface area contributed by atoms with Gasteiger partial charge in [0.25, 0.3) is 0 Å². The van der Waals surface area contributed by atoms with Crippen LogP contribution in [0.5, 0.6) is 5.75 Å². The zero-order valence-corrected chi connectivity index (χ0v) is 17.1. The number of amides is 1. The van der Waals surface area contributed by atoms with Gasteiger partial charge >= 0.3 is 12.6 Å². The maximum atomic E-state index is 12.8. The second-order valence-corrected chi connectivity index (χ2v) is 6.15. The number of rotatable bonds is 6. The highest BCUT2D eigenvalue weighted by Crippen LogP contribution is 2.38. The lowest BCUT2D eigenvalue weighted by Gasteiger charge is -2.27. The molecule has 2 heterocycles. The van der Waals surface area contributed by atoms with E-state index < -0.39 is 18.5 Å². The highest BCUT2D eigenvalue weighted by atomic mass is 79.9. The van der Waals surface area contributed by atoms with Crippen LogP contribution in [0.15, 0.2) is 66.1 Å². The molecule has 0 saturated heterocycles. The standard InChI is InChI=1S/C20H18F2N2O4.BrH/c1-27-19(26)18-14(13-7-3-4-8-16(13)28-20(21)22)11-17(25)23-15(18)12-24-9-5-2-6-10-24;/h2-10,14,20H,11-12H2,1H3;1H. The van der Waals surface area contributed by atoms with Crippen molar-refractivity contribution in [3.63, 3.8) is 0 Å². The minimum Gasteiger partial charge on any atom is -1.00 e. The molecule has 0 radical (unpaired) electrons. The summed E-state index contributed by atoms with van der Waals surface area (Å²) in [6.45, 7) is -2.81. The van der Waals surface area contributed by atoms with Crippen molar-refractivity contribution in [3.05, 3.63) is 71.7 Å². The molecule has 1 atom stereocenters. The van der Waals surface area contributed by atoms with Gasteiger partial charge in [-0.15, -0.1) is 0 Å². The average Bonchev–Trinajstić information content (AvgIpc) is 2.68. The Morgan fingerprint density at radius 2 is 1.90 bits per heavy atom. The van der Waals surface area contributed by atoms with Crippen LogP contribution >= 0.6 is 0 Å². The fraction of sp³-hybridized carbons (Fsp3) is 0.250. The number of esters is 1. The fourth-order valence-electron chi connectivity index (χ4n) is 3.24. The van der Waals surface area contributed by atoms with Gasteiger partial charge in [0, 0.05) is 30.0 Å². The number of allylic oxidation sites excluding steroid dienone is 1. The van der Waals surface area contributed by atoms with Crippen molar-refractivity contribution in [3.8, 4) is 5.75 Å². The second-order valence-electron chi connectivity index (χ2n) is 6.15. The summed E-state index contributed by atoms with van der Waals surface area (Å²) in [4.78, 5) is 24.9. The quantitative estimate of drug-likeness (QED) is 0.450. The summed E-state index contributed by atoms with van der Waals surface area (Å²) in [5.74, 6) is -1.81. The predicted octanol–water partition coefficient (Wildman–Crippen LogP) is -0.690. The summed E-state index contributed by atoms with van der Waals surface area (Å²) in [7, 11) is 1.23. The maximum absolute atomic E-state index is 12.8. The molecule has 1 aliphatic heterocycles. The fourth-order valence-corrected chi connectivity index (χ4v) is 3.24. The van der Waals surface area contributed by atoms with Crippen LogP contribution in [0.1, 0.15) is 17.9 Å². The van der Waals surface area contributed by atoms with Gasteiger partial charge in [0.2, 0.25) is 5.91 Å². The van der Waals surface area contributed by atoms with E-state index in [0.29, 0.717) is 11.3 Å². The van der Waals surface area contributed by atoms with Crippen LogP contribution in [-0.4, -0.2) is 25.6 Å². The lowest BCUT2D eigenvalue weighted by Crippen LogP contribution is -3.00. The largest absolute Gasteiger partial charge is 1.00 e. The monoisotopic (exact) mass is 468 g/mol. The Hall–Kier alpha value is -2.81. The van der Waals surface area contributed by atoms with Crippen molar-refractivity contribution in [2.24, 2.45) is 0 Å². The Kier molecular flexibility index (Phi) is 7.83. The van der Waals surface area contributed by atoms with Gasteiger partial charge in [-0.05, 0) is 6.07 Å². The Bertz CT molecular complexity index is 906. The molecule has 154 valence electrons. The Morgan fingerprint density at radius 1 is 1.21 bits per heavy atom. The van der Waals surface area contributed by atoms with E-state index in [0.717, 1.165) is 0 Å². The molecule has 2 aromatic rings. The van der Waals surface area contributed by atoms with Crippen LogP contribution in [0.2, 0.25) is 0 Å². The number of para-hydroxylation sites is 1. The molecule has 1 N–H and O–H groups in total. The third kappa shape index (κ3) is 5.38. The van der Waals surface area contributed by atoms with Crippen LogP contribution in [0, 0.1) is 0 Å². The molecule has 1 aromatic carbocycles. The third-order valence-corrected chi connectivity index (χ3v) is 4.39. The number of nitrogens with zero attached hydrogens (tertiary/aromatic N) is 1. The minimum absolute atomic E-state index is 0. The number of hydrogen-bond acceptors (Lipinski definition) is 4. The molecule has 0 saturated carbocycles. The van der Waals surface area contributed by atoms with Gasteiger partial charge in [0.1, 0.15) is 5.75 Å². The summed E-state index contributed by atoms with van der Waals surface area (Å²) < 4.78 is 36.9. The van der Waals surface area contributed by atoms with E-state index in [1.807, 2.05) is 18.2 Å². The number of methoxy groups -OCH3 is 1. The molecule has 0 bridgehead atoms. The second kappa shape index (κ2) is 10.1. The van der Waals surface area contributed by atoms with Gasteiger partial charge < -0.3 is 31.8 Å². The molecule has 1 aliphatic rings. The number of benzene rings is 1. The third-order valence-electron chi connectivity index (χ3n) is 4.39. The Morgan fingerprint density at radius 3 is 2.55 bits per heavy atom. The number of carbonyl (C=O) groups is 2. The molecule has 29 heavy (non-hydrogen) atoms. The summed E-state index contributed by atoms with van der Waals surface area (Å²) in [5, 5.41) is 2.72. The van der Waals surface area contributed by atoms with E-state index in [9.17, 15) is 18.4 Å². The van der Waals surface area contributed by atoms with Crippen LogP contribution < -0.4 is 31.6 Å². The van der Waals surface area contributed by atoms with E-state index >= 15 is 0 Å². The number of ether oxygens (including phenoxy) is 2. The van der Waals surface area contributed by atoms with E-state index in [1.54, 1.807) is 35.2 Å². The van der Waals surface area contributed by atoms with Gasteiger partial charge in [-0.2, -0.15) is 13.3 Å². The summed E-state index contributed by atoms with van der Waals surface area (Å²) >= 11 is 0. The highest BCUT2D eigenvalue weighted by molar-refractivity contribution is 5.96. The Labute approximate surface area is 176 Å². The van der Waals surface area contributed by atoms with Crippen LogP contribution in [0.25, 0.3) is 0 Å².